The molecule has 2 unspecified atom stereocenters. The highest BCUT2D eigenvalue weighted by Crippen LogP contribution is 2.24. The number of nitrogens with zero attached hydrogens (tertiary/aromatic N) is 2. The Labute approximate surface area is 139 Å². The van der Waals surface area contributed by atoms with E-state index >= 15 is 0 Å². The van der Waals surface area contributed by atoms with Gasteiger partial charge >= 0.3 is 10.2 Å². The van der Waals surface area contributed by atoms with E-state index < -0.39 is 22.2 Å². The first-order valence-electron chi connectivity index (χ1n) is 7.17. The van der Waals surface area contributed by atoms with Crippen molar-refractivity contribution in [2.75, 3.05) is 19.6 Å². The molecule has 2 aliphatic rings. The summed E-state index contributed by atoms with van der Waals surface area (Å²) in [6, 6.07) is 6.17. The number of benzene rings is 1. The molecule has 9 heteroatoms. The molecule has 2 heterocycles. The van der Waals surface area contributed by atoms with Crippen LogP contribution in [-0.4, -0.2) is 55.1 Å². The fourth-order valence-corrected chi connectivity index (χ4v) is 4.34. The standard InChI is InChI=1S/C14H16ClN3O4S/c1-9(10-2-4-11(15)5-3-10)14(20)17-6-7-18-12(8-17)13(19)16-23(18,21)22/h2-5,9,12H,6-8H2,1H3,(H,16,19). The molecule has 2 amide bonds. The molecule has 0 radical (unpaired) electrons. The number of fused-ring (bicyclic) bond motifs is 1. The van der Waals surface area contributed by atoms with Gasteiger partial charge in [-0.3, -0.25) is 9.59 Å². The van der Waals surface area contributed by atoms with Crippen molar-refractivity contribution in [1.82, 2.24) is 13.9 Å². The van der Waals surface area contributed by atoms with E-state index in [9.17, 15) is 18.0 Å². The number of piperazine rings is 1. The van der Waals surface area contributed by atoms with Crippen molar-refractivity contribution in [1.29, 1.82) is 0 Å². The second-order valence-electron chi connectivity index (χ2n) is 5.66. The molecule has 2 aliphatic heterocycles. The van der Waals surface area contributed by atoms with Crippen molar-refractivity contribution in [2.24, 2.45) is 0 Å². The molecule has 0 aliphatic carbocycles. The van der Waals surface area contributed by atoms with Gasteiger partial charge in [0.1, 0.15) is 6.04 Å². The fraction of sp³-hybridized carbons (Fsp3) is 0.429. The van der Waals surface area contributed by atoms with Crippen molar-refractivity contribution >= 4 is 33.6 Å². The first-order chi connectivity index (χ1) is 10.8. The van der Waals surface area contributed by atoms with Gasteiger partial charge in [-0.15, -0.1) is 0 Å². The number of carbonyl (C=O) groups is 2. The Hall–Kier alpha value is -1.64. The molecular weight excluding hydrogens is 342 g/mol. The van der Waals surface area contributed by atoms with E-state index in [4.69, 9.17) is 11.6 Å². The van der Waals surface area contributed by atoms with Crippen LogP contribution in [0, 0.1) is 0 Å². The predicted octanol–water partition coefficient (Wildman–Crippen LogP) is 0.331. The average molecular weight is 358 g/mol. The number of hydrogen-bond donors (Lipinski definition) is 1. The minimum atomic E-state index is -3.74. The van der Waals surface area contributed by atoms with Gasteiger partial charge in [-0.25, -0.2) is 4.72 Å². The molecule has 0 bridgehead atoms. The van der Waals surface area contributed by atoms with Crippen LogP contribution in [0.2, 0.25) is 5.02 Å². The highest BCUT2D eigenvalue weighted by Gasteiger charge is 2.47. The largest absolute Gasteiger partial charge is 0.339 e. The van der Waals surface area contributed by atoms with Gasteiger partial charge in [0, 0.05) is 24.7 Å². The van der Waals surface area contributed by atoms with Crippen LogP contribution in [0.15, 0.2) is 24.3 Å². The monoisotopic (exact) mass is 357 g/mol. The Morgan fingerprint density at radius 2 is 1.96 bits per heavy atom. The summed E-state index contributed by atoms with van der Waals surface area (Å²) in [4.78, 5) is 26.0. The zero-order valence-electron chi connectivity index (χ0n) is 12.4. The Morgan fingerprint density at radius 3 is 2.61 bits per heavy atom. The minimum absolute atomic E-state index is 0.0713. The SMILES string of the molecule is CC(C(=O)N1CCN2C(C1)C(=O)NS2(=O)=O)c1ccc(Cl)cc1. The normalized spacial score (nSPS) is 24.9. The first-order valence-corrected chi connectivity index (χ1v) is 8.99. The lowest BCUT2D eigenvalue weighted by atomic mass is 9.99. The maximum atomic E-state index is 12.6. The molecule has 0 aromatic heterocycles. The van der Waals surface area contributed by atoms with Crippen molar-refractivity contribution in [2.45, 2.75) is 18.9 Å². The van der Waals surface area contributed by atoms with Crippen molar-refractivity contribution in [3.63, 3.8) is 0 Å². The van der Waals surface area contributed by atoms with E-state index in [-0.39, 0.29) is 31.5 Å². The van der Waals surface area contributed by atoms with Crippen LogP contribution in [0.5, 0.6) is 0 Å². The van der Waals surface area contributed by atoms with Gasteiger partial charge in [0.05, 0.1) is 5.92 Å². The summed E-state index contributed by atoms with van der Waals surface area (Å²) >= 11 is 5.85. The van der Waals surface area contributed by atoms with Crippen LogP contribution >= 0.6 is 11.6 Å². The molecule has 0 spiro atoms. The number of rotatable bonds is 2. The fourth-order valence-electron chi connectivity index (χ4n) is 2.89. The van der Waals surface area contributed by atoms with Crippen LogP contribution in [0.4, 0.5) is 0 Å². The van der Waals surface area contributed by atoms with Crippen LogP contribution in [-0.2, 0) is 19.8 Å². The van der Waals surface area contributed by atoms with Gasteiger partial charge in [0.2, 0.25) is 5.91 Å². The molecule has 1 aromatic rings. The molecule has 7 nitrogen and oxygen atoms in total. The quantitative estimate of drug-likeness (QED) is 0.826. The van der Waals surface area contributed by atoms with Crippen LogP contribution in [0.25, 0.3) is 0 Å². The Balaban J connectivity index is 1.74. The number of carbonyl (C=O) groups excluding carboxylic acids is 2. The lowest BCUT2D eigenvalue weighted by molar-refractivity contribution is -0.136. The van der Waals surface area contributed by atoms with Crippen LogP contribution in [0.3, 0.4) is 0 Å². The molecule has 124 valence electrons. The summed E-state index contributed by atoms with van der Waals surface area (Å²) < 4.78 is 26.6. The van der Waals surface area contributed by atoms with E-state index in [1.54, 1.807) is 36.1 Å². The van der Waals surface area contributed by atoms with Gasteiger partial charge < -0.3 is 4.90 Å². The van der Waals surface area contributed by atoms with Crippen molar-refractivity contribution in [3.8, 4) is 0 Å². The van der Waals surface area contributed by atoms with Gasteiger partial charge in [0.25, 0.3) is 5.91 Å². The second-order valence-corrected chi connectivity index (χ2v) is 7.72. The van der Waals surface area contributed by atoms with E-state index in [0.717, 1.165) is 9.87 Å². The van der Waals surface area contributed by atoms with E-state index in [0.29, 0.717) is 5.02 Å². The van der Waals surface area contributed by atoms with E-state index in [1.165, 1.54) is 0 Å². The molecule has 1 aromatic carbocycles. The van der Waals surface area contributed by atoms with Gasteiger partial charge in [-0.1, -0.05) is 23.7 Å². The zero-order chi connectivity index (χ0) is 16.8. The predicted molar refractivity (Wildman–Crippen MR) is 84.0 cm³/mol. The lowest BCUT2D eigenvalue weighted by Gasteiger charge is -2.35. The molecule has 2 fully saturated rings. The molecular formula is C14H16ClN3O4S. The third kappa shape index (κ3) is 2.93. The van der Waals surface area contributed by atoms with Crippen LogP contribution < -0.4 is 4.72 Å². The van der Waals surface area contributed by atoms with E-state index in [2.05, 4.69) is 0 Å². The summed E-state index contributed by atoms with van der Waals surface area (Å²) in [5.74, 6) is -1.11. The third-order valence-corrected chi connectivity index (χ3v) is 5.99. The van der Waals surface area contributed by atoms with Crippen molar-refractivity contribution < 1.29 is 18.0 Å². The smallest absolute Gasteiger partial charge is 0.304 e. The summed E-state index contributed by atoms with van der Waals surface area (Å²) in [6.07, 6.45) is 0. The van der Waals surface area contributed by atoms with Gasteiger partial charge in [-0.05, 0) is 24.6 Å². The third-order valence-electron chi connectivity index (χ3n) is 4.22. The number of hydrogen-bond acceptors (Lipinski definition) is 4. The Morgan fingerprint density at radius 1 is 1.30 bits per heavy atom. The zero-order valence-corrected chi connectivity index (χ0v) is 14.0. The molecule has 2 atom stereocenters. The Kier molecular flexibility index (Phi) is 4.07. The second kappa shape index (κ2) is 5.77. The molecule has 3 rings (SSSR count). The highest BCUT2D eigenvalue weighted by atomic mass is 35.5. The first kappa shape index (κ1) is 16.2. The molecule has 0 saturated carbocycles. The lowest BCUT2D eigenvalue weighted by Crippen LogP contribution is -2.55. The highest BCUT2D eigenvalue weighted by molar-refractivity contribution is 7.88. The Bertz CT molecular complexity index is 750. The molecule has 23 heavy (non-hydrogen) atoms. The molecule has 1 N–H and O–H groups in total. The molecule has 2 saturated heterocycles. The van der Waals surface area contributed by atoms with Crippen LogP contribution in [0.1, 0.15) is 18.4 Å². The maximum Gasteiger partial charge on any atom is 0.304 e. The van der Waals surface area contributed by atoms with Crippen molar-refractivity contribution in [3.05, 3.63) is 34.9 Å². The maximum absolute atomic E-state index is 12.6. The van der Waals surface area contributed by atoms with Gasteiger partial charge in [0.15, 0.2) is 0 Å². The number of amides is 2. The average Bonchev–Trinajstić information content (AvgIpc) is 2.75. The van der Waals surface area contributed by atoms with Gasteiger partial charge in [-0.2, -0.15) is 12.7 Å². The summed E-state index contributed by atoms with van der Waals surface area (Å²) in [5, 5.41) is 0.592. The minimum Gasteiger partial charge on any atom is -0.339 e. The topological polar surface area (TPSA) is 86.8 Å². The summed E-state index contributed by atoms with van der Waals surface area (Å²) in [7, 11) is -3.74. The number of halogens is 1. The summed E-state index contributed by atoms with van der Waals surface area (Å²) in [6.45, 7) is 2.23. The summed E-state index contributed by atoms with van der Waals surface area (Å²) in [5.41, 5.74) is 0.824. The number of nitrogens with one attached hydrogen (secondary N) is 1. The van der Waals surface area contributed by atoms with E-state index in [1.807, 2.05) is 4.72 Å².